The molecule has 1 aliphatic carbocycles. The molecule has 39 heavy (non-hydrogen) atoms. The van der Waals surface area contributed by atoms with E-state index in [2.05, 4.69) is 20.5 Å². The summed E-state index contributed by atoms with van der Waals surface area (Å²) in [6.07, 6.45) is 7.51. The Balaban J connectivity index is 1.28. The van der Waals surface area contributed by atoms with Crippen LogP contribution in [0.15, 0.2) is 45.3 Å². The monoisotopic (exact) mass is 566 g/mol. The number of morpholine rings is 1. The summed E-state index contributed by atoms with van der Waals surface area (Å²) < 4.78 is 12.0. The molecule has 2 atom stereocenters. The van der Waals surface area contributed by atoms with Crippen LogP contribution in [0.2, 0.25) is 0 Å². The molecule has 1 aliphatic heterocycles. The number of carbonyl (C=O) groups excluding carboxylic acids is 1. The van der Waals surface area contributed by atoms with E-state index in [1.165, 1.54) is 11.3 Å². The average Bonchev–Trinajstić information content (AvgIpc) is 3.58. The van der Waals surface area contributed by atoms with Gasteiger partial charge in [-0.3, -0.25) is 9.59 Å². The number of anilines is 4. The summed E-state index contributed by atoms with van der Waals surface area (Å²) in [7, 11) is 0. The van der Waals surface area contributed by atoms with Crippen molar-refractivity contribution < 1.29 is 13.9 Å². The minimum Gasteiger partial charge on any atom is -0.459 e. The van der Waals surface area contributed by atoms with Gasteiger partial charge >= 0.3 is 0 Å². The Morgan fingerprint density at radius 1 is 1.13 bits per heavy atom. The zero-order chi connectivity index (χ0) is 26.9. The molecule has 4 aromatic rings. The first-order chi connectivity index (χ1) is 19.0. The molecule has 1 amide bonds. The third-order valence-corrected chi connectivity index (χ3v) is 9.35. The number of aromatic nitrogens is 1. The Hall–Kier alpha value is -3.45. The van der Waals surface area contributed by atoms with E-state index in [1.54, 1.807) is 29.9 Å². The summed E-state index contributed by atoms with van der Waals surface area (Å²) in [6.45, 7) is 2.78. The van der Waals surface area contributed by atoms with Gasteiger partial charge in [-0.25, -0.2) is 4.98 Å². The molecular formula is C27H30N6O4S2. The quantitative estimate of drug-likeness (QED) is 0.256. The molecule has 5 heterocycles. The van der Waals surface area contributed by atoms with Crippen molar-refractivity contribution in [2.45, 2.75) is 37.8 Å². The van der Waals surface area contributed by atoms with Gasteiger partial charge in [0.15, 0.2) is 11.3 Å². The maximum atomic E-state index is 12.8. The van der Waals surface area contributed by atoms with Crippen molar-refractivity contribution in [3.8, 4) is 10.4 Å². The number of amides is 1. The Morgan fingerprint density at radius 3 is 2.74 bits per heavy atom. The summed E-state index contributed by atoms with van der Waals surface area (Å²) in [6, 6.07) is 5.70. The van der Waals surface area contributed by atoms with Crippen molar-refractivity contribution in [1.82, 2.24) is 4.98 Å². The largest absolute Gasteiger partial charge is 0.459 e. The first kappa shape index (κ1) is 25.8. The van der Waals surface area contributed by atoms with Crippen LogP contribution in [0.1, 0.15) is 36.2 Å². The number of furan rings is 1. The molecule has 2 aliphatic rings. The molecule has 0 spiro atoms. The van der Waals surface area contributed by atoms with E-state index in [0.717, 1.165) is 70.3 Å². The van der Waals surface area contributed by atoms with Crippen molar-refractivity contribution in [3.63, 3.8) is 0 Å². The smallest absolute Gasteiger partial charge is 0.269 e. The molecule has 0 radical (unpaired) electrons. The zero-order valence-electron chi connectivity index (χ0n) is 21.3. The van der Waals surface area contributed by atoms with Crippen LogP contribution in [-0.2, 0) is 4.74 Å². The van der Waals surface area contributed by atoms with Gasteiger partial charge in [0.05, 0.1) is 40.5 Å². The average molecular weight is 567 g/mol. The van der Waals surface area contributed by atoms with E-state index >= 15 is 0 Å². The highest BCUT2D eigenvalue weighted by Gasteiger charge is 2.23. The Labute approximate surface area is 233 Å². The van der Waals surface area contributed by atoms with Crippen molar-refractivity contribution in [2.75, 3.05) is 41.8 Å². The summed E-state index contributed by atoms with van der Waals surface area (Å²) >= 11 is 3.06. The van der Waals surface area contributed by atoms with Gasteiger partial charge in [-0.15, -0.1) is 22.7 Å². The summed E-state index contributed by atoms with van der Waals surface area (Å²) in [5.41, 5.74) is 15.2. The summed E-state index contributed by atoms with van der Waals surface area (Å²) in [5.74, 6) is -0.616. The van der Waals surface area contributed by atoms with Gasteiger partial charge < -0.3 is 36.2 Å². The van der Waals surface area contributed by atoms with E-state index < -0.39 is 5.91 Å². The van der Waals surface area contributed by atoms with Crippen LogP contribution in [-0.4, -0.2) is 49.3 Å². The van der Waals surface area contributed by atoms with Gasteiger partial charge in [0.2, 0.25) is 5.43 Å². The molecule has 10 nitrogen and oxygen atoms in total. The third kappa shape index (κ3) is 5.37. The molecule has 4 aromatic heterocycles. The number of thiophene rings is 1. The second kappa shape index (κ2) is 11.0. The minimum absolute atomic E-state index is 0.0784. The lowest BCUT2D eigenvalue weighted by molar-refractivity contribution is 0.0996. The van der Waals surface area contributed by atoms with E-state index in [1.807, 2.05) is 17.5 Å². The second-order valence-corrected chi connectivity index (χ2v) is 11.8. The Kier molecular flexibility index (Phi) is 7.26. The van der Waals surface area contributed by atoms with Crippen molar-refractivity contribution in [2.24, 2.45) is 11.5 Å². The fourth-order valence-electron chi connectivity index (χ4n) is 5.13. The highest BCUT2D eigenvalue weighted by atomic mass is 32.1. The van der Waals surface area contributed by atoms with Crippen LogP contribution < -0.4 is 32.4 Å². The predicted octanol–water partition coefficient (Wildman–Crippen LogP) is 4.34. The molecule has 0 aromatic carbocycles. The van der Waals surface area contributed by atoms with Crippen molar-refractivity contribution in [3.05, 3.63) is 52.0 Å². The molecule has 6 N–H and O–H groups in total. The van der Waals surface area contributed by atoms with Crippen LogP contribution in [0.3, 0.4) is 0 Å². The van der Waals surface area contributed by atoms with Gasteiger partial charge in [0.1, 0.15) is 6.26 Å². The first-order valence-electron chi connectivity index (χ1n) is 13.0. The number of nitrogens with one attached hydrogen (secondary N) is 2. The van der Waals surface area contributed by atoms with Gasteiger partial charge in [-0.2, -0.15) is 0 Å². The number of ether oxygens (including phenoxy) is 1. The molecular weight excluding hydrogens is 536 g/mol. The van der Waals surface area contributed by atoms with E-state index in [0.29, 0.717) is 24.5 Å². The second-order valence-electron chi connectivity index (χ2n) is 9.86. The van der Waals surface area contributed by atoms with Crippen LogP contribution in [0.4, 0.5) is 22.1 Å². The number of hydrogen-bond acceptors (Lipinski definition) is 11. The van der Waals surface area contributed by atoms with Gasteiger partial charge in [-0.05, 0) is 25.0 Å². The number of pyridine rings is 1. The van der Waals surface area contributed by atoms with Crippen molar-refractivity contribution >= 4 is 60.9 Å². The zero-order valence-corrected chi connectivity index (χ0v) is 22.9. The Bertz CT molecular complexity index is 1560. The molecule has 0 bridgehead atoms. The molecule has 2 fully saturated rings. The number of carbonyl (C=O) groups is 1. The third-order valence-electron chi connectivity index (χ3n) is 7.19. The lowest BCUT2D eigenvalue weighted by atomic mass is 9.91. The number of nitrogens with zero attached hydrogens (tertiary/aromatic N) is 2. The number of rotatable bonds is 7. The maximum absolute atomic E-state index is 12.8. The van der Waals surface area contributed by atoms with E-state index in [9.17, 15) is 9.59 Å². The number of hydrogen-bond donors (Lipinski definition) is 4. The fraction of sp³-hybridized carbons (Fsp3) is 0.370. The predicted molar refractivity (Wildman–Crippen MR) is 157 cm³/mol. The van der Waals surface area contributed by atoms with E-state index in [-0.39, 0.29) is 23.2 Å². The van der Waals surface area contributed by atoms with E-state index in [4.69, 9.17) is 20.6 Å². The molecule has 0 unspecified atom stereocenters. The highest BCUT2D eigenvalue weighted by molar-refractivity contribution is 7.23. The number of fused-ring (bicyclic) bond motifs is 1. The molecule has 6 rings (SSSR count). The Morgan fingerprint density at radius 2 is 1.95 bits per heavy atom. The molecule has 204 valence electrons. The van der Waals surface area contributed by atoms with Gasteiger partial charge in [0, 0.05) is 52.7 Å². The van der Waals surface area contributed by atoms with Gasteiger partial charge in [0.25, 0.3) is 5.91 Å². The minimum atomic E-state index is -0.616. The molecule has 1 saturated heterocycles. The SMILES string of the molecule is NC(=O)c1ncc(N[C@H]2CCCC[C@H]2N)cc1Nc1csc(-c2coc3c(=O)cc(N4CCOCC4)sc23)c1. The number of nitrogens with two attached hydrogens (primary N) is 2. The first-order valence-corrected chi connectivity index (χ1v) is 14.7. The number of primary amides is 1. The molecule has 12 heteroatoms. The van der Waals surface area contributed by atoms with Crippen LogP contribution >= 0.6 is 22.7 Å². The topological polar surface area (TPSA) is 149 Å². The standard InChI is InChI=1S/C27H30N6O4S2/c28-18-3-1-2-4-19(18)31-15-9-20(24(27(29)35)30-12-15)32-16-10-22(38-14-16)17-13-37-25-21(34)11-23(39-26(17)25)33-5-7-36-8-6-33/h9-14,18-19,31-32H,1-8,28H2,(H2,29,35)/t18-,19+/m1/s1. The normalized spacial score (nSPS) is 19.8. The summed E-state index contributed by atoms with van der Waals surface area (Å²) in [4.78, 5) is 32.4. The fourth-order valence-corrected chi connectivity index (χ4v) is 7.24. The van der Waals surface area contributed by atoms with Crippen LogP contribution in [0.25, 0.3) is 20.7 Å². The highest BCUT2D eigenvalue weighted by Crippen LogP contribution is 2.40. The maximum Gasteiger partial charge on any atom is 0.269 e. The lowest BCUT2D eigenvalue weighted by Crippen LogP contribution is -2.42. The summed E-state index contributed by atoms with van der Waals surface area (Å²) in [5, 5.41) is 9.65. The van der Waals surface area contributed by atoms with Crippen LogP contribution in [0.5, 0.6) is 0 Å². The molecule has 1 saturated carbocycles. The lowest BCUT2D eigenvalue weighted by Gasteiger charge is -2.30. The van der Waals surface area contributed by atoms with Crippen LogP contribution in [0, 0.1) is 0 Å². The van der Waals surface area contributed by atoms with Gasteiger partial charge in [-0.1, -0.05) is 12.8 Å². The van der Waals surface area contributed by atoms with Crippen molar-refractivity contribution in [1.29, 1.82) is 0 Å².